The van der Waals surface area contributed by atoms with E-state index >= 15 is 0 Å². The Bertz CT molecular complexity index is 1390. The molecule has 0 saturated carbocycles. The number of nitrogens with zero attached hydrogens (tertiary/aromatic N) is 2. The van der Waals surface area contributed by atoms with E-state index in [2.05, 4.69) is 0 Å². The maximum absolute atomic E-state index is 13.6. The topological polar surface area (TPSA) is 141 Å². The maximum Gasteiger partial charge on any atom is 0.333 e. The molecule has 1 spiro atoms. The standard InChI is InChI=1S/C25H45N3O8SSi2/c1-13-27-19(29)16(2)14-28(22(27)30)20-18(34-38(9,10)23(3,4)5)25(17(26)15-37(31,32)36-25)21(33-20)35-39(11,12)24(6,7)8/h14-15,18,20-21H,13,26H2,1-12H3/t18?,20-,21-,25?/m1/s1. The quantitative estimate of drug-likeness (QED) is 0.382. The van der Waals surface area contributed by atoms with Gasteiger partial charge in [-0.15, -0.1) is 0 Å². The van der Waals surface area contributed by atoms with Crippen LogP contribution in [0, 0.1) is 6.92 Å². The third-order valence-electron chi connectivity index (χ3n) is 8.66. The average molecular weight is 604 g/mol. The second kappa shape index (κ2) is 9.77. The van der Waals surface area contributed by atoms with Crippen LogP contribution in [0.2, 0.25) is 36.3 Å². The van der Waals surface area contributed by atoms with Crippen molar-refractivity contribution in [2.45, 2.75) is 122 Å². The lowest BCUT2D eigenvalue weighted by molar-refractivity contribution is -0.147. The van der Waals surface area contributed by atoms with Crippen molar-refractivity contribution in [3.8, 4) is 0 Å². The van der Waals surface area contributed by atoms with Crippen molar-refractivity contribution in [2.24, 2.45) is 5.73 Å². The van der Waals surface area contributed by atoms with Gasteiger partial charge in [0.05, 0.1) is 11.1 Å². The zero-order chi connectivity index (χ0) is 30.1. The van der Waals surface area contributed by atoms with Crippen LogP contribution < -0.4 is 17.0 Å². The zero-order valence-corrected chi connectivity index (χ0v) is 28.1. The first-order chi connectivity index (χ1) is 17.4. The predicted octanol–water partition coefficient (Wildman–Crippen LogP) is 3.50. The van der Waals surface area contributed by atoms with Crippen LogP contribution in [0.3, 0.4) is 0 Å². The van der Waals surface area contributed by atoms with Crippen LogP contribution in [0.25, 0.3) is 0 Å². The summed E-state index contributed by atoms with van der Waals surface area (Å²) >= 11 is 0. The first-order valence-electron chi connectivity index (χ1n) is 13.2. The molecule has 4 atom stereocenters. The fourth-order valence-electron chi connectivity index (χ4n) is 4.17. The van der Waals surface area contributed by atoms with Crippen molar-refractivity contribution >= 4 is 26.8 Å². The molecule has 2 aliphatic heterocycles. The van der Waals surface area contributed by atoms with Gasteiger partial charge in [0.15, 0.2) is 29.2 Å². The molecule has 39 heavy (non-hydrogen) atoms. The molecule has 0 aliphatic carbocycles. The summed E-state index contributed by atoms with van der Waals surface area (Å²) in [5, 5.41) is 0.296. The van der Waals surface area contributed by atoms with Crippen molar-refractivity contribution in [3.05, 3.63) is 43.7 Å². The van der Waals surface area contributed by atoms with Gasteiger partial charge >= 0.3 is 5.69 Å². The van der Waals surface area contributed by atoms with E-state index in [-0.39, 0.29) is 22.3 Å². The summed E-state index contributed by atoms with van der Waals surface area (Å²) in [4.78, 5) is 26.3. The number of hydrogen-bond acceptors (Lipinski definition) is 9. The molecule has 14 heteroatoms. The SMILES string of the molecule is CCn1c(=O)c(C)cn([C@@H]2O[C@H](O[Si](C)(C)C(C)(C)C)C3(OS(=O)(=O)C=C3N)C2O[Si](C)(C)C(C)(C)C)c1=O. The van der Waals surface area contributed by atoms with Gasteiger partial charge in [-0.3, -0.25) is 13.9 Å². The van der Waals surface area contributed by atoms with E-state index in [1.165, 1.54) is 10.8 Å². The van der Waals surface area contributed by atoms with Gasteiger partial charge < -0.3 is 19.3 Å². The minimum absolute atomic E-state index is 0.119. The Morgan fingerprint density at radius 3 is 1.97 bits per heavy atom. The van der Waals surface area contributed by atoms with Crippen LogP contribution in [0.1, 0.15) is 60.3 Å². The predicted molar refractivity (Wildman–Crippen MR) is 155 cm³/mol. The second-order valence-electron chi connectivity index (χ2n) is 13.5. The van der Waals surface area contributed by atoms with E-state index < -0.39 is 62.2 Å². The Hall–Kier alpha value is -1.56. The first kappa shape index (κ1) is 32.0. The summed E-state index contributed by atoms with van der Waals surface area (Å²) in [6.07, 6.45) is -2.27. The van der Waals surface area contributed by atoms with Crippen LogP contribution in [0.15, 0.2) is 26.9 Å². The largest absolute Gasteiger partial charge is 0.406 e. The molecule has 0 bridgehead atoms. The number of aryl methyl sites for hydroxylation is 1. The lowest BCUT2D eigenvalue weighted by atomic mass is 9.94. The molecule has 3 rings (SSSR count). The minimum atomic E-state index is -4.22. The highest BCUT2D eigenvalue weighted by atomic mass is 32.2. The van der Waals surface area contributed by atoms with Crippen LogP contribution in [-0.4, -0.2) is 52.2 Å². The molecule has 3 heterocycles. The zero-order valence-electron chi connectivity index (χ0n) is 25.2. The molecule has 1 aromatic heterocycles. The van der Waals surface area contributed by atoms with Crippen LogP contribution in [0.4, 0.5) is 0 Å². The molecule has 0 aromatic carbocycles. The molecule has 1 saturated heterocycles. The molecular formula is C25H45N3O8SSi2. The molecule has 222 valence electrons. The van der Waals surface area contributed by atoms with Crippen LogP contribution >= 0.6 is 0 Å². The van der Waals surface area contributed by atoms with Crippen molar-refractivity contribution in [2.75, 3.05) is 0 Å². The summed E-state index contributed by atoms with van der Waals surface area (Å²) in [5.41, 5.74) is 3.77. The van der Waals surface area contributed by atoms with Gasteiger partial charge in [-0.2, -0.15) is 8.42 Å². The Morgan fingerprint density at radius 1 is 1.03 bits per heavy atom. The Labute approximate surface area is 233 Å². The third kappa shape index (κ3) is 5.40. The number of nitrogens with two attached hydrogens (primary N) is 1. The van der Waals surface area contributed by atoms with E-state index in [0.29, 0.717) is 5.56 Å². The first-order valence-corrected chi connectivity index (χ1v) is 20.5. The van der Waals surface area contributed by atoms with Gasteiger partial charge in [0.1, 0.15) is 6.10 Å². The number of aromatic nitrogens is 2. The molecule has 0 radical (unpaired) electrons. The fourth-order valence-corrected chi connectivity index (χ4v) is 7.77. The van der Waals surface area contributed by atoms with Gasteiger partial charge in [-0.1, -0.05) is 41.5 Å². The van der Waals surface area contributed by atoms with E-state index in [9.17, 15) is 18.0 Å². The van der Waals surface area contributed by atoms with Crippen LogP contribution in [-0.2, 0) is 34.4 Å². The highest BCUT2D eigenvalue weighted by Crippen LogP contribution is 2.53. The van der Waals surface area contributed by atoms with Crippen molar-refractivity contribution in [1.82, 2.24) is 9.13 Å². The molecule has 1 aromatic rings. The lowest BCUT2D eigenvalue weighted by Crippen LogP contribution is -2.60. The minimum Gasteiger partial charge on any atom is -0.406 e. The number of rotatable bonds is 6. The van der Waals surface area contributed by atoms with Gasteiger partial charge in [0.2, 0.25) is 5.60 Å². The summed E-state index contributed by atoms with van der Waals surface area (Å²) in [6.45, 7) is 23.7. The molecule has 2 aliphatic rings. The summed E-state index contributed by atoms with van der Waals surface area (Å²) in [6, 6.07) is 0. The average Bonchev–Trinajstić information content (AvgIpc) is 3.16. The summed E-state index contributed by atoms with van der Waals surface area (Å²) in [5.74, 6) is 0. The van der Waals surface area contributed by atoms with E-state index in [0.717, 1.165) is 9.98 Å². The number of hydrogen-bond donors (Lipinski definition) is 1. The molecule has 2 unspecified atom stereocenters. The molecular weight excluding hydrogens is 559 g/mol. The van der Waals surface area contributed by atoms with Gasteiger partial charge in [0, 0.05) is 18.3 Å². The fraction of sp³-hybridized carbons (Fsp3) is 0.760. The third-order valence-corrected chi connectivity index (χ3v) is 18.6. The smallest absolute Gasteiger partial charge is 0.333 e. The van der Waals surface area contributed by atoms with E-state index in [1.807, 2.05) is 67.7 Å². The molecule has 11 nitrogen and oxygen atoms in total. The lowest BCUT2D eigenvalue weighted by Gasteiger charge is -2.44. The maximum atomic E-state index is 13.6. The Morgan fingerprint density at radius 2 is 1.54 bits per heavy atom. The van der Waals surface area contributed by atoms with E-state index in [1.54, 1.807) is 13.8 Å². The van der Waals surface area contributed by atoms with Crippen molar-refractivity contribution in [1.29, 1.82) is 0 Å². The summed E-state index contributed by atoms with van der Waals surface area (Å²) in [7, 11) is -9.50. The Balaban J connectivity index is 2.36. The highest BCUT2D eigenvalue weighted by molar-refractivity contribution is 7.90. The number of ether oxygens (including phenoxy) is 1. The van der Waals surface area contributed by atoms with Crippen molar-refractivity contribution < 1.29 is 26.2 Å². The second-order valence-corrected chi connectivity index (χ2v) is 24.4. The van der Waals surface area contributed by atoms with Gasteiger partial charge in [-0.05, 0) is 50.1 Å². The van der Waals surface area contributed by atoms with Crippen molar-refractivity contribution in [3.63, 3.8) is 0 Å². The normalized spacial score (nSPS) is 27.8. The molecule has 1 fully saturated rings. The Kier molecular flexibility index (Phi) is 8.01. The monoisotopic (exact) mass is 603 g/mol. The van der Waals surface area contributed by atoms with Crippen LogP contribution in [0.5, 0.6) is 0 Å². The van der Waals surface area contributed by atoms with E-state index in [4.69, 9.17) is 23.5 Å². The highest BCUT2D eigenvalue weighted by Gasteiger charge is 2.69. The van der Waals surface area contributed by atoms with Gasteiger partial charge in [0.25, 0.3) is 15.7 Å². The van der Waals surface area contributed by atoms with Gasteiger partial charge in [-0.25, -0.2) is 8.98 Å². The summed E-state index contributed by atoms with van der Waals surface area (Å²) < 4.78 is 53.9. The molecule has 2 N–H and O–H groups in total. The molecule has 0 amide bonds.